The van der Waals surface area contributed by atoms with Gasteiger partial charge in [-0.3, -0.25) is 0 Å². The Balaban J connectivity index is 2.53. The van der Waals surface area contributed by atoms with Crippen molar-refractivity contribution < 1.29 is 0 Å². The normalized spacial score (nSPS) is 10.6. The molecule has 0 amide bonds. The van der Waals surface area contributed by atoms with Gasteiger partial charge in [0.25, 0.3) is 0 Å². The third kappa shape index (κ3) is 2.25. The summed E-state index contributed by atoms with van der Waals surface area (Å²) < 4.78 is 0.485. The fourth-order valence-corrected chi connectivity index (χ4v) is 1.81. The molecule has 2 aromatic rings. The second-order valence-corrected chi connectivity index (χ2v) is 4.42. The van der Waals surface area contributed by atoms with E-state index in [1.54, 1.807) is 18.2 Å². The second-order valence-electron chi connectivity index (χ2n) is 2.79. The zero-order chi connectivity index (χ0) is 11.0. The number of benzene rings is 1. The number of nitrogens with two attached hydrogens (primary N) is 1. The maximum Gasteiger partial charge on any atom is 0.181 e. The van der Waals surface area contributed by atoms with Crippen molar-refractivity contribution in [3.05, 3.63) is 32.8 Å². The summed E-state index contributed by atoms with van der Waals surface area (Å²) in [7, 11) is 0. The lowest BCUT2D eigenvalue weighted by Gasteiger charge is -2.00. The Morgan fingerprint density at radius 3 is 2.20 bits per heavy atom. The van der Waals surface area contributed by atoms with Gasteiger partial charge in [0, 0.05) is 10.0 Å². The average molecular weight is 308 g/mol. The molecular weight excluding hydrogens is 303 g/mol. The third-order valence-electron chi connectivity index (χ3n) is 1.67. The molecule has 1 aromatic heterocycles. The fraction of sp³-hybridized carbons (Fsp3) is 0. The van der Waals surface area contributed by atoms with E-state index in [0.29, 0.717) is 26.2 Å². The fourth-order valence-electron chi connectivity index (χ4n) is 1.07. The van der Waals surface area contributed by atoms with Crippen LogP contribution in [-0.4, -0.2) is 15.0 Å². The molecule has 0 fully saturated rings. The van der Waals surface area contributed by atoms with Crippen molar-refractivity contribution in [3.63, 3.8) is 0 Å². The molecule has 0 atom stereocenters. The molecule has 2 N–H and O–H groups in total. The van der Waals surface area contributed by atoms with E-state index in [2.05, 4.69) is 26.1 Å². The van der Waals surface area contributed by atoms with Gasteiger partial charge in [0.15, 0.2) is 10.4 Å². The molecule has 0 saturated heterocycles. The average Bonchev–Trinajstić information content (AvgIpc) is 2.45. The molecule has 0 spiro atoms. The first-order chi connectivity index (χ1) is 7.06. The minimum absolute atomic E-state index is 0.311. The van der Waals surface area contributed by atoms with Crippen LogP contribution in [0.3, 0.4) is 0 Å². The van der Waals surface area contributed by atoms with Crippen LogP contribution < -0.4 is 5.73 Å². The van der Waals surface area contributed by atoms with E-state index < -0.39 is 0 Å². The van der Waals surface area contributed by atoms with Gasteiger partial charge in [-0.1, -0.05) is 23.2 Å². The molecule has 0 radical (unpaired) electrons. The summed E-state index contributed by atoms with van der Waals surface area (Å²) >= 11 is 14.9. The topological polar surface area (TPSA) is 56.7 Å². The van der Waals surface area contributed by atoms with Crippen LogP contribution in [0.15, 0.2) is 22.8 Å². The molecule has 1 aromatic carbocycles. The second kappa shape index (κ2) is 4.00. The van der Waals surface area contributed by atoms with Crippen molar-refractivity contribution in [3.8, 4) is 5.69 Å². The number of halogens is 3. The Morgan fingerprint density at radius 2 is 1.73 bits per heavy atom. The highest BCUT2D eigenvalue weighted by Gasteiger charge is 2.07. The molecule has 0 unspecified atom stereocenters. The molecule has 2 rings (SSSR count). The van der Waals surface area contributed by atoms with E-state index in [1.807, 2.05) is 0 Å². The molecule has 7 heteroatoms. The Hall–Kier alpha value is -0.780. The maximum atomic E-state index is 5.85. The molecule has 0 saturated carbocycles. The van der Waals surface area contributed by atoms with E-state index in [4.69, 9.17) is 28.9 Å². The Bertz CT molecular complexity index is 472. The minimum atomic E-state index is 0.311. The van der Waals surface area contributed by atoms with Gasteiger partial charge >= 0.3 is 0 Å². The zero-order valence-corrected chi connectivity index (χ0v) is 10.4. The smallest absolute Gasteiger partial charge is 0.181 e. The van der Waals surface area contributed by atoms with Crippen LogP contribution in [0.1, 0.15) is 0 Å². The van der Waals surface area contributed by atoms with Gasteiger partial charge in [-0.15, -0.1) is 15.0 Å². The molecule has 4 nitrogen and oxygen atoms in total. The van der Waals surface area contributed by atoms with E-state index in [1.165, 1.54) is 4.80 Å². The molecule has 0 aliphatic carbocycles. The number of hydrogen-bond acceptors (Lipinski definition) is 3. The quantitative estimate of drug-likeness (QED) is 0.881. The molecule has 0 aliphatic rings. The van der Waals surface area contributed by atoms with Gasteiger partial charge in [-0.2, -0.15) is 0 Å². The molecule has 78 valence electrons. The molecule has 1 heterocycles. The number of anilines is 1. The van der Waals surface area contributed by atoms with Crippen molar-refractivity contribution in [1.29, 1.82) is 0 Å². The van der Waals surface area contributed by atoms with Crippen molar-refractivity contribution >= 4 is 44.9 Å². The van der Waals surface area contributed by atoms with Crippen molar-refractivity contribution in [2.75, 3.05) is 5.73 Å². The summed E-state index contributed by atoms with van der Waals surface area (Å²) in [6, 6.07) is 5.02. The van der Waals surface area contributed by atoms with Crippen molar-refractivity contribution in [1.82, 2.24) is 15.0 Å². The summed E-state index contributed by atoms with van der Waals surface area (Å²) in [5, 5.41) is 9.06. The van der Waals surface area contributed by atoms with Crippen LogP contribution in [-0.2, 0) is 0 Å². The van der Waals surface area contributed by atoms with Crippen LogP contribution in [0, 0.1) is 0 Å². The van der Waals surface area contributed by atoms with Gasteiger partial charge in [-0.25, -0.2) is 0 Å². The third-order valence-corrected chi connectivity index (χ3v) is 2.68. The van der Waals surface area contributed by atoms with Crippen LogP contribution in [0.25, 0.3) is 5.69 Å². The van der Waals surface area contributed by atoms with Crippen molar-refractivity contribution in [2.45, 2.75) is 0 Å². The Kier molecular flexibility index (Phi) is 2.86. The first kappa shape index (κ1) is 10.7. The highest BCUT2D eigenvalue weighted by Crippen LogP contribution is 2.22. The van der Waals surface area contributed by atoms with E-state index in [-0.39, 0.29) is 0 Å². The molecule has 0 aliphatic heterocycles. The van der Waals surface area contributed by atoms with E-state index in [0.717, 1.165) is 0 Å². The standard InChI is InChI=1S/C8H5BrCl2N4/c9-7-8(12)14-15(13-7)6-2-4(10)1-5(11)3-6/h1-3H,(H2,12,14). The number of nitrogen functional groups attached to an aromatic ring is 1. The first-order valence-corrected chi connectivity index (χ1v) is 5.46. The van der Waals surface area contributed by atoms with Gasteiger partial charge in [0.2, 0.25) is 0 Å². The monoisotopic (exact) mass is 306 g/mol. The van der Waals surface area contributed by atoms with Crippen LogP contribution >= 0.6 is 39.1 Å². The summed E-state index contributed by atoms with van der Waals surface area (Å²) in [5.41, 5.74) is 6.20. The lowest BCUT2D eigenvalue weighted by atomic mass is 10.3. The minimum Gasteiger partial charge on any atom is -0.380 e. The van der Waals surface area contributed by atoms with Crippen LogP contribution in [0.2, 0.25) is 10.0 Å². The van der Waals surface area contributed by atoms with Gasteiger partial charge < -0.3 is 5.73 Å². The van der Waals surface area contributed by atoms with Gasteiger partial charge in [0.1, 0.15) is 0 Å². The summed E-state index contributed by atoms with van der Waals surface area (Å²) in [6.07, 6.45) is 0. The Morgan fingerprint density at radius 1 is 1.13 bits per heavy atom. The zero-order valence-electron chi connectivity index (χ0n) is 7.28. The Labute approximate surface area is 104 Å². The van der Waals surface area contributed by atoms with Gasteiger partial charge in [-0.05, 0) is 34.1 Å². The number of aromatic nitrogens is 3. The predicted molar refractivity (Wildman–Crippen MR) is 63.5 cm³/mol. The number of hydrogen-bond donors (Lipinski definition) is 1. The number of rotatable bonds is 1. The van der Waals surface area contributed by atoms with Gasteiger partial charge in [0.05, 0.1) is 5.69 Å². The largest absolute Gasteiger partial charge is 0.380 e. The summed E-state index contributed by atoms with van der Waals surface area (Å²) in [6.45, 7) is 0. The van der Waals surface area contributed by atoms with Crippen LogP contribution in [0.4, 0.5) is 5.82 Å². The maximum absolute atomic E-state index is 5.85. The molecular formula is C8H5BrCl2N4. The molecule has 0 bridgehead atoms. The SMILES string of the molecule is Nc1nn(-c2cc(Cl)cc(Cl)c2)nc1Br. The van der Waals surface area contributed by atoms with E-state index >= 15 is 0 Å². The lowest BCUT2D eigenvalue weighted by molar-refractivity contribution is 0.750. The van der Waals surface area contributed by atoms with Crippen LogP contribution in [0.5, 0.6) is 0 Å². The molecule has 15 heavy (non-hydrogen) atoms. The predicted octanol–water partition coefficient (Wildman–Crippen LogP) is 2.92. The number of nitrogens with zero attached hydrogens (tertiary/aromatic N) is 3. The van der Waals surface area contributed by atoms with E-state index in [9.17, 15) is 0 Å². The summed E-state index contributed by atoms with van der Waals surface area (Å²) in [4.78, 5) is 1.36. The highest BCUT2D eigenvalue weighted by atomic mass is 79.9. The highest BCUT2D eigenvalue weighted by molar-refractivity contribution is 9.10. The summed E-state index contributed by atoms with van der Waals surface area (Å²) in [5.74, 6) is 0.311. The van der Waals surface area contributed by atoms with Crippen molar-refractivity contribution in [2.24, 2.45) is 0 Å². The first-order valence-electron chi connectivity index (χ1n) is 3.91. The lowest BCUT2D eigenvalue weighted by Crippen LogP contribution is -1.99.